The van der Waals surface area contributed by atoms with Crippen LogP contribution in [0.3, 0.4) is 0 Å². The van der Waals surface area contributed by atoms with Gasteiger partial charge in [0.2, 0.25) is 9.84 Å². The molecule has 0 radical (unpaired) electrons. The molecule has 11 heteroatoms. The molecule has 6 N–H and O–H groups in total. The standard InChI is InChI=1S/C26H20N2O8S/c27-23-9-7-17(13-21(23)25(29)30)35-15-3-1-5-19(11-15)37(33,34)20-6-2-4-16(12-20)36-18-8-10-24(28)22(14-18)26(31)32/h1-14H,27-28H2,(H,29,30)(H,31,32). The number of rotatable bonds is 8. The molecular formula is C26H20N2O8S. The highest BCUT2D eigenvalue weighted by Gasteiger charge is 2.20. The molecule has 4 aromatic rings. The molecule has 0 aromatic heterocycles. The van der Waals surface area contributed by atoms with E-state index in [4.69, 9.17) is 20.9 Å². The highest BCUT2D eigenvalue weighted by atomic mass is 32.2. The van der Waals surface area contributed by atoms with Crippen LogP contribution in [0.2, 0.25) is 0 Å². The first-order valence-corrected chi connectivity index (χ1v) is 12.1. The molecule has 0 aliphatic carbocycles. The smallest absolute Gasteiger partial charge is 0.337 e. The molecule has 0 spiro atoms. The van der Waals surface area contributed by atoms with Crippen LogP contribution >= 0.6 is 0 Å². The zero-order valence-corrected chi connectivity index (χ0v) is 19.8. The van der Waals surface area contributed by atoms with E-state index in [-0.39, 0.29) is 55.3 Å². The number of nitrogen functional groups attached to an aromatic ring is 2. The van der Waals surface area contributed by atoms with E-state index in [9.17, 15) is 28.2 Å². The molecule has 0 atom stereocenters. The first-order chi connectivity index (χ1) is 17.5. The number of hydrogen-bond donors (Lipinski definition) is 4. The molecule has 188 valence electrons. The summed E-state index contributed by atoms with van der Waals surface area (Å²) in [6.45, 7) is 0. The van der Waals surface area contributed by atoms with Crippen molar-refractivity contribution < 1.29 is 37.7 Å². The second kappa shape index (κ2) is 9.91. The molecule has 0 aliphatic heterocycles. The van der Waals surface area contributed by atoms with Crippen molar-refractivity contribution in [3.8, 4) is 23.0 Å². The molecular weight excluding hydrogens is 500 g/mol. The van der Waals surface area contributed by atoms with Gasteiger partial charge < -0.3 is 31.2 Å². The van der Waals surface area contributed by atoms with Crippen molar-refractivity contribution in [3.63, 3.8) is 0 Å². The van der Waals surface area contributed by atoms with Crippen LogP contribution in [0, 0.1) is 0 Å². The Morgan fingerprint density at radius 1 is 0.595 bits per heavy atom. The number of sulfone groups is 1. The van der Waals surface area contributed by atoms with E-state index in [1.807, 2.05) is 0 Å². The van der Waals surface area contributed by atoms with Gasteiger partial charge in [-0.05, 0) is 72.8 Å². The monoisotopic (exact) mass is 520 g/mol. The van der Waals surface area contributed by atoms with Crippen molar-refractivity contribution in [1.29, 1.82) is 0 Å². The van der Waals surface area contributed by atoms with Crippen molar-refractivity contribution in [2.24, 2.45) is 0 Å². The SMILES string of the molecule is Nc1ccc(Oc2cccc(S(=O)(=O)c3cccc(Oc4ccc(N)c(C(=O)O)c4)c3)c2)cc1C(=O)O. The minimum absolute atomic E-state index is 0.0661. The van der Waals surface area contributed by atoms with Crippen molar-refractivity contribution in [2.45, 2.75) is 9.79 Å². The lowest BCUT2D eigenvalue weighted by molar-refractivity contribution is 0.0687. The minimum Gasteiger partial charge on any atom is -0.478 e. The zero-order valence-electron chi connectivity index (χ0n) is 19.0. The van der Waals surface area contributed by atoms with E-state index in [1.165, 1.54) is 84.9 Å². The molecule has 0 bridgehead atoms. The van der Waals surface area contributed by atoms with Crippen molar-refractivity contribution in [3.05, 3.63) is 96.1 Å². The van der Waals surface area contributed by atoms with Crippen LogP contribution in [0.25, 0.3) is 0 Å². The average molecular weight is 521 g/mol. The third kappa shape index (κ3) is 5.46. The van der Waals surface area contributed by atoms with Crippen LogP contribution in [-0.4, -0.2) is 30.6 Å². The van der Waals surface area contributed by atoms with Crippen molar-refractivity contribution in [2.75, 3.05) is 11.5 Å². The molecule has 0 heterocycles. The molecule has 37 heavy (non-hydrogen) atoms. The third-order valence-corrected chi connectivity index (χ3v) is 6.96. The predicted octanol–water partition coefficient (Wildman–Crippen LogP) is 4.66. The maximum absolute atomic E-state index is 13.3. The highest BCUT2D eigenvalue weighted by Crippen LogP contribution is 2.32. The quantitative estimate of drug-likeness (QED) is 0.239. The highest BCUT2D eigenvalue weighted by molar-refractivity contribution is 7.91. The molecule has 4 rings (SSSR count). The summed E-state index contributed by atoms with van der Waals surface area (Å²) < 4.78 is 38.0. The lowest BCUT2D eigenvalue weighted by Gasteiger charge is -2.11. The van der Waals surface area contributed by atoms with Gasteiger partial charge in [-0.25, -0.2) is 18.0 Å². The first-order valence-electron chi connectivity index (χ1n) is 10.6. The summed E-state index contributed by atoms with van der Waals surface area (Å²) in [6.07, 6.45) is 0. The van der Waals surface area contributed by atoms with Gasteiger partial charge in [-0.15, -0.1) is 0 Å². The molecule has 0 saturated carbocycles. The van der Waals surface area contributed by atoms with Crippen molar-refractivity contribution in [1.82, 2.24) is 0 Å². The average Bonchev–Trinajstić information content (AvgIpc) is 2.86. The maximum Gasteiger partial charge on any atom is 0.337 e. The van der Waals surface area contributed by atoms with Gasteiger partial charge in [0.05, 0.1) is 20.9 Å². The van der Waals surface area contributed by atoms with E-state index >= 15 is 0 Å². The Balaban J connectivity index is 1.60. The Kier molecular flexibility index (Phi) is 6.72. The molecule has 0 unspecified atom stereocenters. The maximum atomic E-state index is 13.3. The van der Waals surface area contributed by atoms with Crippen LogP contribution in [0.4, 0.5) is 11.4 Å². The van der Waals surface area contributed by atoms with Crippen molar-refractivity contribution >= 4 is 33.2 Å². The number of carboxylic acids is 2. The number of benzene rings is 4. The topological polar surface area (TPSA) is 179 Å². The van der Waals surface area contributed by atoms with Gasteiger partial charge in [0.1, 0.15) is 23.0 Å². The van der Waals surface area contributed by atoms with E-state index in [1.54, 1.807) is 0 Å². The van der Waals surface area contributed by atoms with Gasteiger partial charge in [-0.2, -0.15) is 0 Å². The summed E-state index contributed by atoms with van der Waals surface area (Å²) >= 11 is 0. The Hall–Kier alpha value is -5.03. The minimum atomic E-state index is -4.01. The number of ether oxygens (including phenoxy) is 2. The largest absolute Gasteiger partial charge is 0.478 e. The molecule has 10 nitrogen and oxygen atoms in total. The normalized spacial score (nSPS) is 11.0. The van der Waals surface area contributed by atoms with E-state index in [2.05, 4.69) is 0 Å². The number of carboxylic acid groups (broad SMARTS) is 2. The second-order valence-electron chi connectivity index (χ2n) is 7.77. The molecule has 4 aromatic carbocycles. The van der Waals surface area contributed by atoms with Crippen LogP contribution < -0.4 is 20.9 Å². The van der Waals surface area contributed by atoms with Crippen LogP contribution in [0.5, 0.6) is 23.0 Å². The fourth-order valence-corrected chi connectivity index (χ4v) is 4.72. The van der Waals surface area contributed by atoms with E-state index in [0.29, 0.717) is 0 Å². The molecule has 0 fully saturated rings. The number of nitrogens with two attached hydrogens (primary N) is 2. The van der Waals surface area contributed by atoms with Gasteiger partial charge in [0.25, 0.3) is 0 Å². The Morgan fingerprint density at radius 2 is 0.973 bits per heavy atom. The predicted molar refractivity (Wildman–Crippen MR) is 134 cm³/mol. The molecule has 0 saturated heterocycles. The number of hydrogen-bond acceptors (Lipinski definition) is 8. The summed E-state index contributed by atoms with van der Waals surface area (Å²) in [6, 6.07) is 19.6. The Morgan fingerprint density at radius 3 is 1.35 bits per heavy atom. The van der Waals surface area contributed by atoms with Gasteiger partial charge in [0, 0.05) is 11.4 Å². The number of carbonyl (C=O) groups is 2. The summed E-state index contributed by atoms with van der Waals surface area (Å²) in [5.74, 6) is -1.78. The number of anilines is 2. The zero-order chi connectivity index (χ0) is 26.7. The summed E-state index contributed by atoms with van der Waals surface area (Å²) in [5, 5.41) is 18.5. The Labute approximate surface area is 211 Å². The summed E-state index contributed by atoms with van der Waals surface area (Å²) in [7, 11) is -4.01. The molecule has 0 aliphatic rings. The summed E-state index contributed by atoms with van der Waals surface area (Å²) in [4.78, 5) is 22.5. The van der Waals surface area contributed by atoms with E-state index in [0.717, 1.165) is 0 Å². The third-order valence-electron chi connectivity index (χ3n) is 5.21. The van der Waals surface area contributed by atoms with Gasteiger partial charge in [-0.3, -0.25) is 0 Å². The first kappa shape index (κ1) is 25.1. The second-order valence-corrected chi connectivity index (χ2v) is 9.72. The Bertz CT molecular complexity index is 1520. The lowest BCUT2D eigenvalue weighted by Crippen LogP contribution is -2.04. The van der Waals surface area contributed by atoms with Crippen LogP contribution in [0.1, 0.15) is 20.7 Å². The lowest BCUT2D eigenvalue weighted by atomic mass is 10.2. The van der Waals surface area contributed by atoms with Gasteiger partial charge in [-0.1, -0.05) is 12.1 Å². The van der Waals surface area contributed by atoms with Crippen LogP contribution in [0.15, 0.2) is 94.7 Å². The molecule has 0 amide bonds. The van der Waals surface area contributed by atoms with Gasteiger partial charge >= 0.3 is 11.9 Å². The fourth-order valence-electron chi connectivity index (χ4n) is 3.39. The van der Waals surface area contributed by atoms with E-state index < -0.39 is 21.8 Å². The number of aromatic carboxylic acids is 2. The van der Waals surface area contributed by atoms with Gasteiger partial charge in [0.15, 0.2) is 0 Å². The van der Waals surface area contributed by atoms with Crippen LogP contribution in [-0.2, 0) is 9.84 Å². The fraction of sp³-hybridized carbons (Fsp3) is 0. The summed E-state index contributed by atoms with van der Waals surface area (Å²) in [5.41, 5.74) is 11.2.